The number of carboxylic acid groups (broad SMARTS) is 1. The van der Waals surface area contributed by atoms with Gasteiger partial charge in [0, 0.05) is 6.42 Å². The van der Waals surface area contributed by atoms with Crippen molar-refractivity contribution >= 4 is 33.6 Å². The molecule has 3 aromatic rings. The minimum atomic E-state index is -3.74. The van der Waals surface area contributed by atoms with Crippen molar-refractivity contribution in [3.05, 3.63) is 65.5 Å². The van der Waals surface area contributed by atoms with Gasteiger partial charge in [0.1, 0.15) is 0 Å². The molecule has 1 saturated carbocycles. The zero-order valence-electron chi connectivity index (χ0n) is 19.0. The van der Waals surface area contributed by atoms with Crippen molar-refractivity contribution in [1.29, 1.82) is 0 Å². The SMILES string of the molecule is CS(=O)(=O)Oc1ccccc1Nc1nnc(C(=O)Cc2ccc(C3CCC(C(=O)O)CC3)cc2)o1. The number of ketones is 1. The lowest BCUT2D eigenvalue weighted by Crippen LogP contribution is -2.20. The minimum Gasteiger partial charge on any atom is -0.481 e. The lowest BCUT2D eigenvalue weighted by Gasteiger charge is -2.26. The molecule has 1 aromatic heterocycles. The van der Waals surface area contributed by atoms with Gasteiger partial charge in [-0.15, -0.1) is 5.10 Å². The molecule has 1 heterocycles. The number of Topliss-reactive ketones (excluding diaryl/α,β-unsaturated/α-hetero) is 1. The van der Waals surface area contributed by atoms with E-state index in [1.807, 2.05) is 24.3 Å². The molecular formula is C24H25N3O7S. The van der Waals surface area contributed by atoms with Crippen LogP contribution < -0.4 is 9.50 Å². The number of aliphatic carboxylic acids is 1. The third-order valence-corrected chi connectivity index (χ3v) is 6.41. The van der Waals surface area contributed by atoms with Gasteiger partial charge in [0.25, 0.3) is 5.89 Å². The molecule has 0 atom stereocenters. The van der Waals surface area contributed by atoms with Gasteiger partial charge in [0.05, 0.1) is 17.9 Å². The first-order chi connectivity index (χ1) is 16.7. The fraction of sp³-hybridized carbons (Fsp3) is 0.333. The van der Waals surface area contributed by atoms with Crippen molar-refractivity contribution in [3.8, 4) is 5.75 Å². The van der Waals surface area contributed by atoms with E-state index in [-0.39, 0.29) is 41.5 Å². The summed E-state index contributed by atoms with van der Waals surface area (Å²) in [5, 5.41) is 19.5. The number of aromatic nitrogens is 2. The van der Waals surface area contributed by atoms with Crippen LogP contribution in [0.3, 0.4) is 0 Å². The highest BCUT2D eigenvalue weighted by Gasteiger charge is 2.26. The van der Waals surface area contributed by atoms with Gasteiger partial charge >= 0.3 is 22.1 Å². The number of nitrogens with one attached hydrogen (secondary N) is 1. The first kappa shape index (κ1) is 24.4. The smallest absolute Gasteiger partial charge is 0.320 e. The summed E-state index contributed by atoms with van der Waals surface area (Å²) in [4.78, 5) is 23.8. The Balaban J connectivity index is 1.36. The third kappa shape index (κ3) is 6.44. The van der Waals surface area contributed by atoms with Crippen LogP contribution in [0, 0.1) is 5.92 Å². The van der Waals surface area contributed by atoms with E-state index in [0.717, 1.165) is 30.2 Å². The maximum atomic E-state index is 12.6. The Morgan fingerprint density at radius 3 is 2.40 bits per heavy atom. The topological polar surface area (TPSA) is 149 Å². The molecule has 2 N–H and O–H groups in total. The largest absolute Gasteiger partial charge is 0.481 e. The van der Waals surface area contributed by atoms with Crippen LogP contribution in [0.15, 0.2) is 52.9 Å². The van der Waals surface area contributed by atoms with Crippen LogP contribution in [-0.4, -0.2) is 41.7 Å². The molecule has 2 aromatic carbocycles. The number of carbonyl (C=O) groups is 2. The number of anilines is 2. The molecule has 0 unspecified atom stereocenters. The summed E-state index contributed by atoms with van der Waals surface area (Å²) < 4.78 is 33.3. The van der Waals surface area contributed by atoms with Crippen LogP contribution in [0.5, 0.6) is 5.75 Å². The van der Waals surface area contributed by atoms with Gasteiger partial charge in [0.15, 0.2) is 5.75 Å². The first-order valence-electron chi connectivity index (χ1n) is 11.1. The van der Waals surface area contributed by atoms with Gasteiger partial charge in [-0.1, -0.05) is 41.5 Å². The zero-order chi connectivity index (χ0) is 25.0. The van der Waals surface area contributed by atoms with Crippen LogP contribution in [0.2, 0.25) is 0 Å². The maximum Gasteiger partial charge on any atom is 0.320 e. The molecule has 1 fully saturated rings. The standard InChI is InChI=1S/C24H25N3O7S/c1-35(31,32)34-21-5-3-2-4-19(21)25-24-27-26-22(33-24)20(28)14-15-6-8-16(9-7-15)17-10-12-18(13-11-17)23(29)30/h2-9,17-18H,10-14H2,1H3,(H,25,27)(H,29,30). The number of nitrogens with zero attached hydrogens (tertiary/aromatic N) is 2. The van der Waals surface area contributed by atoms with Crippen LogP contribution in [0.4, 0.5) is 11.7 Å². The van der Waals surface area contributed by atoms with Gasteiger partial charge in [0.2, 0.25) is 5.78 Å². The summed E-state index contributed by atoms with van der Waals surface area (Å²) in [6, 6.07) is 14.0. The summed E-state index contributed by atoms with van der Waals surface area (Å²) in [5.74, 6) is -1.13. The van der Waals surface area contributed by atoms with Gasteiger partial charge < -0.3 is 19.0 Å². The molecule has 0 radical (unpaired) electrons. The maximum absolute atomic E-state index is 12.6. The molecule has 10 nitrogen and oxygen atoms in total. The Morgan fingerprint density at radius 1 is 1.06 bits per heavy atom. The predicted molar refractivity (Wildman–Crippen MR) is 126 cm³/mol. The minimum absolute atomic E-state index is 0.0533. The van der Waals surface area contributed by atoms with E-state index in [2.05, 4.69) is 15.5 Å². The molecule has 0 aliphatic heterocycles. The quantitative estimate of drug-likeness (QED) is 0.327. The molecule has 1 aliphatic rings. The number of rotatable bonds is 9. The van der Waals surface area contributed by atoms with Crippen molar-refractivity contribution in [1.82, 2.24) is 10.2 Å². The van der Waals surface area contributed by atoms with E-state index >= 15 is 0 Å². The molecule has 35 heavy (non-hydrogen) atoms. The summed E-state index contributed by atoms with van der Waals surface area (Å²) in [6.45, 7) is 0. The number of hydrogen-bond donors (Lipinski definition) is 2. The van der Waals surface area contributed by atoms with E-state index < -0.39 is 16.1 Å². The Hall–Kier alpha value is -3.73. The third-order valence-electron chi connectivity index (χ3n) is 5.93. The highest BCUT2D eigenvalue weighted by molar-refractivity contribution is 7.86. The number of hydrogen-bond acceptors (Lipinski definition) is 9. The van der Waals surface area contributed by atoms with Gasteiger partial charge in [-0.2, -0.15) is 8.42 Å². The predicted octanol–water partition coefficient (Wildman–Crippen LogP) is 3.94. The molecule has 0 saturated heterocycles. The van der Waals surface area contributed by atoms with Gasteiger partial charge in [-0.05, 0) is 54.9 Å². The lowest BCUT2D eigenvalue weighted by molar-refractivity contribution is -0.142. The average Bonchev–Trinajstić information content (AvgIpc) is 3.29. The normalized spacial score (nSPS) is 18.1. The molecular weight excluding hydrogens is 474 g/mol. The number of carboxylic acids is 1. The Morgan fingerprint density at radius 2 is 1.74 bits per heavy atom. The highest BCUT2D eigenvalue weighted by atomic mass is 32.2. The van der Waals surface area contributed by atoms with E-state index in [1.165, 1.54) is 6.07 Å². The van der Waals surface area contributed by atoms with E-state index in [1.54, 1.807) is 18.2 Å². The second-order valence-electron chi connectivity index (χ2n) is 8.55. The fourth-order valence-corrected chi connectivity index (χ4v) is 4.62. The number of para-hydroxylation sites is 2. The molecule has 4 rings (SSSR count). The molecule has 1 aliphatic carbocycles. The summed E-state index contributed by atoms with van der Waals surface area (Å²) in [7, 11) is -3.74. The summed E-state index contributed by atoms with van der Waals surface area (Å²) >= 11 is 0. The second-order valence-corrected chi connectivity index (χ2v) is 10.1. The summed E-state index contributed by atoms with van der Waals surface area (Å²) in [6.07, 6.45) is 4.04. The van der Waals surface area contributed by atoms with E-state index in [0.29, 0.717) is 18.8 Å². The van der Waals surface area contributed by atoms with Crippen LogP contribution in [0.1, 0.15) is 53.4 Å². The Bertz CT molecular complexity index is 1310. The second kappa shape index (κ2) is 10.3. The summed E-state index contributed by atoms with van der Waals surface area (Å²) in [5.41, 5.74) is 2.22. The molecule has 0 spiro atoms. The van der Waals surface area contributed by atoms with Crippen LogP contribution in [0.25, 0.3) is 0 Å². The van der Waals surface area contributed by atoms with Crippen molar-refractivity contribution in [2.24, 2.45) is 5.92 Å². The lowest BCUT2D eigenvalue weighted by atomic mass is 9.78. The molecule has 0 bridgehead atoms. The Kier molecular flexibility index (Phi) is 7.15. The fourth-order valence-electron chi connectivity index (χ4n) is 4.15. The van der Waals surface area contributed by atoms with Crippen LogP contribution in [-0.2, 0) is 21.3 Å². The molecule has 0 amide bonds. The number of benzene rings is 2. The van der Waals surface area contributed by atoms with Crippen molar-refractivity contribution < 1.29 is 31.7 Å². The Labute approximate surface area is 202 Å². The first-order valence-corrected chi connectivity index (χ1v) is 12.9. The number of carbonyl (C=O) groups excluding carboxylic acids is 1. The monoisotopic (exact) mass is 499 g/mol. The van der Waals surface area contributed by atoms with Gasteiger partial charge in [-0.25, -0.2) is 0 Å². The van der Waals surface area contributed by atoms with E-state index in [9.17, 15) is 18.0 Å². The van der Waals surface area contributed by atoms with Crippen molar-refractivity contribution in [3.63, 3.8) is 0 Å². The van der Waals surface area contributed by atoms with Crippen molar-refractivity contribution in [2.75, 3.05) is 11.6 Å². The molecule has 184 valence electrons. The van der Waals surface area contributed by atoms with Gasteiger partial charge in [-0.3, -0.25) is 9.59 Å². The zero-order valence-corrected chi connectivity index (χ0v) is 19.8. The van der Waals surface area contributed by atoms with Crippen molar-refractivity contribution in [2.45, 2.75) is 38.0 Å². The average molecular weight is 500 g/mol. The van der Waals surface area contributed by atoms with E-state index in [4.69, 9.17) is 13.7 Å². The van der Waals surface area contributed by atoms with Crippen LogP contribution >= 0.6 is 0 Å². The molecule has 11 heteroatoms. The highest BCUT2D eigenvalue weighted by Crippen LogP contribution is 2.36.